The van der Waals surface area contributed by atoms with E-state index in [1.807, 2.05) is 13.0 Å². The zero-order valence-corrected chi connectivity index (χ0v) is 19.7. The number of amides is 1. The number of methoxy groups -OCH3 is 2. The smallest absolute Gasteiger partial charge is 0.261 e. The summed E-state index contributed by atoms with van der Waals surface area (Å²) in [6.45, 7) is 1.57. The number of rotatable bonds is 10. The van der Waals surface area contributed by atoms with Crippen LogP contribution in [0.5, 0.6) is 17.2 Å². The van der Waals surface area contributed by atoms with Crippen molar-refractivity contribution in [3.8, 4) is 17.2 Å². The van der Waals surface area contributed by atoms with Gasteiger partial charge in [0.2, 0.25) is 0 Å². The lowest BCUT2D eigenvalue weighted by Crippen LogP contribution is -2.31. The van der Waals surface area contributed by atoms with Crippen molar-refractivity contribution in [3.63, 3.8) is 0 Å². The lowest BCUT2D eigenvalue weighted by molar-refractivity contribution is -0.123. The van der Waals surface area contributed by atoms with Crippen molar-refractivity contribution in [2.75, 3.05) is 25.5 Å². The van der Waals surface area contributed by atoms with Gasteiger partial charge in [-0.2, -0.15) is 0 Å². The Bertz CT molecular complexity index is 1230. The van der Waals surface area contributed by atoms with Crippen LogP contribution in [0.1, 0.15) is 18.5 Å². The van der Waals surface area contributed by atoms with Gasteiger partial charge in [0.25, 0.3) is 15.9 Å². The van der Waals surface area contributed by atoms with Gasteiger partial charge in [-0.3, -0.25) is 9.52 Å². The quantitative estimate of drug-likeness (QED) is 0.449. The van der Waals surface area contributed by atoms with Crippen molar-refractivity contribution < 1.29 is 31.8 Å². The molecule has 8 nitrogen and oxygen atoms in total. The zero-order valence-electron chi connectivity index (χ0n) is 18.9. The molecule has 3 aromatic carbocycles. The summed E-state index contributed by atoms with van der Waals surface area (Å²) in [7, 11) is -0.777. The van der Waals surface area contributed by atoms with Crippen LogP contribution in [-0.4, -0.2) is 35.2 Å². The second-order valence-corrected chi connectivity index (χ2v) is 8.96. The molecule has 0 spiro atoms. The Balaban J connectivity index is 1.55. The summed E-state index contributed by atoms with van der Waals surface area (Å²) in [5, 5.41) is 2.83. The van der Waals surface area contributed by atoms with Crippen LogP contribution in [0.4, 0.5) is 10.1 Å². The maximum atomic E-state index is 13.0. The predicted octanol–water partition coefficient (Wildman–Crippen LogP) is 3.90. The van der Waals surface area contributed by atoms with Crippen molar-refractivity contribution in [2.45, 2.75) is 17.9 Å². The van der Waals surface area contributed by atoms with Gasteiger partial charge in [0, 0.05) is 5.69 Å². The van der Waals surface area contributed by atoms with Crippen molar-refractivity contribution in [1.29, 1.82) is 0 Å². The van der Waals surface area contributed by atoms with E-state index in [0.717, 1.165) is 17.7 Å². The van der Waals surface area contributed by atoms with Crippen LogP contribution >= 0.6 is 0 Å². The highest BCUT2D eigenvalue weighted by atomic mass is 32.2. The second kappa shape index (κ2) is 10.9. The largest absolute Gasteiger partial charge is 0.493 e. The number of sulfonamides is 1. The third-order valence-electron chi connectivity index (χ3n) is 4.89. The fourth-order valence-electron chi connectivity index (χ4n) is 3.08. The van der Waals surface area contributed by atoms with Crippen LogP contribution in [-0.2, 0) is 14.8 Å². The minimum Gasteiger partial charge on any atom is -0.493 e. The number of carbonyl (C=O) groups excluding carboxylic acids is 1. The molecular formula is C24H25FN2O6S. The minimum atomic E-state index is -3.86. The fourth-order valence-corrected chi connectivity index (χ4v) is 4.14. The first kappa shape index (κ1) is 24.8. The summed E-state index contributed by atoms with van der Waals surface area (Å²) in [4.78, 5) is 12.3. The highest BCUT2D eigenvalue weighted by Crippen LogP contribution is 2.29. The van der Waals surface area contributed by atoms with E-state index in [4.69, 9.17) is 14.2 Å². The molecule has 0 aliphatic carbocycles. The maximum Gasteiger partial charge on any atom is 0.261 e. The molecule has 0 bridgehead atoms. The maximum absolute atomic E-state index is 13.0. The predicted molar refractivity (Wildman–Crippen MR) is 125 cm³/mol. The Labute approximate surface area is 197 Å². The zero-order chi connectivity index (χ0) is 24.7. The Morgan fingerprint density at radius 1 is 0.941 bits per heavy atom. The lowest BCUT2D eigenvalue weighted by atomic mass is 10.1. The van der Waals surface area contributed by atoms with Gasteiger partial charge in [0.05, 0.1) is 25.2 Å². The monoisotopic (exact) mass is 488 g/mol. The molecule has 1 amide bonds. The SMILES string of the molecule is COc1ccc([C@@H](C)NC(=O)COc2ccc(S(=O)(=O)Nc3ccc(F)cc3)cc2)cc1OC. The Morgan fingerprint density at radius 3 is 2.21 bits per heavy atom. The summed E-state index contributed by atoms with van der Waals surface area (Å²) in [6.07, 6.45) is 0. The molecule has 3 aromatic rings. The van der Waals surface area contributed by atoms with Crippen molar-refractivity contribution in [1.82, 2.24) is 5.32 Å². The van der Waals surface area contributed by atoms with E-state index in [1.54, 1.807) is 19.2 Å². The molecule has 0 saturated heterocycles. The van der Waals surface area contributed by atoms with E-state index in [2.05, 4.69) is 10.0 Å². The number of hydrogen-bond acceptors (Lipinski definition) is 6. The topological polar surface area (TPSA) is 103 Å². The molecular weight excluding hydrogens is 463 g/mol. The van der Waals surface area contributed by atoms with E-state index in [0.29, 0.717) is 17.2 Å². The van der Waals surface area contributed by atoms with E-state index in [1.165, 1.54) is 43.5 Å². The molecule has 0 fully saturated rings. The fraction of sp³-hybridized carbons (Fsp3) is 0.208. The molecule has 10 heteroatoms. The van der Waals surface area contributed by atoms with Gasteiger partial charge >= 0.3 is 0 Å². The Kier molecular flexibility index (Phi) is 7.95. The highest BCUT2D eigenvalue weighted by molar-refractivity contribution is 7.92. The average molecular weight is 489 g/mol. The summed E-state index contributed by atoms with van der Waals surface area (Å²) >= 11 is 0. The normalized spacial score (nSPS) is 11.9. The first-order valence-electron chi connectivity index (χ1n) is 10.2. The molecule has 0 saturated carbocycles. The van der Waals surface area contributed by atoms with Crippen LogP contribution in [0.2, 0.25) is 0 Å². The van der Waals surface area contributed by atoms with Crippen LogP contribution in [0.3, 0.4) is 0 Å². The van der Waals surface area contributed by atoms with Gasteiger partial charge in [0.15, 0.2) is 18.1 Å². The van der Waals surface area contributed by atoms with Gasteiger partial charge in [-0.1, -0.05) is 6.07 Å². The molecule has 2 N–H and O–H groups in total. The standard InChI is InChI=1S/C24H25FN2O6S/c1-16(17-4-13-22(31-2)23(14-17)32-3)26-24(28)15-33-20-9-11-21(12-10-20)34(29,30)27-19-7-5-18(25)6-8-19/h4-14,16,27H,15H2,1-3H3,(H,26,28)/t16-/m1/s1. The highest BCUT2D eigenvalue weighted by Gasteiger charge is 2.16. The number of benzene rings is 3. The van der Waals surface area contributed by atoms with Crippen molar-refractivity contribution in [3.05, 3.63) is 78.1 Å². The van der Waals surface area contributed by atoms with Gasteiger partial charge in [-0.25, -0.2) is 12.8 Å². The number of ether oxygens (including phenoxy) is 3. The van der Waals surface area contributed by atoms with Gasteiger partial charge < -0.3 is 19.5 Å². The first-order valence-corrected chi connectivity index (χ1v) is 11.7. The number of anilines is 1. The molecule has 0 unspecified atom stereocenters. The molecule has 0 radical (unpaired) electrons. The lowest BCUT2D eigenvalue weighted by Gasteiger charge is -2.17. The molecule has 0 aliphatic heterocycles. The summed E-state index contributed by atoms with van der Waals surface area (Å²) in [5.74, 6) is 0.658. The molecule has 180 valence electrons. The first-order chi connectivity index (χ1) is 16.2. The summed E-state index contributed by atoms with van der Waals surface area (Å²) in [6, 6.07) is 15.6. The molecule has 0 heterocycles. The van der Waals surface area contributed by atoms with E-state index < -0.39 is 15.8 Å². The van der Waals surface area contributed by atoms with Gasteiger partial charge in [-0.05, 0) is 73.2 Å². The van der Waals surface area contributed by atoms with Crippen LogP contribution in [0, 0.1) is 5.82 Å². The Morgan fingerprint density at radius 2 is 1.59 bits per heavy atom. The molecule has 1 atom stereocenters. The molecule has 0 aromatic heterocycles. The van der Waals surface area contributed by atoms with Gasteiger partial charge in [0.1, 0.15) is 11.6 Å². The molecule has 3 rings (SSSR count). The summed E-state index contributed by atoms with van der Waals surface area (Å²) < 4.78 is 56.3. The molecule has 34 heavy (non-hydrogen) atoms. The average Bonchev–Trinajstić information content (AvgIpc) is 2.83. The van der Waals surface area contributed by atoms with E-state index in [9.17, 15) is 17.6 Å². The number of hydrogen-bond donors (Lipinski definition) is 2. The van der Waals surface area contributed by atoms with E-state index in [-0.39, 0.29) is 29.1 Å². The minimum absolute atomic E-state index is 0.00398. The van der Waals surface area contributed by atoms with Crippen LogP contribution in [0.25, 0.3) is 0 Å². The Hall–Kier alpha value is -3.79. The van der Waals surface area contributed by atoms with Gasteiger partial charge in [-0.15, -0.1) is 0 Å². The number of nitrogens with one attached hydrogen (secondary N) is 2. The van der Waals surface area contributed by atoms with Crippen molar-refractivity contribution >= 4 is 21.6 Å². The molecule has 0 aliphatic rings. The third kappa shape index (κ3) is 6.38. The number of halogens is 1. The van der Waals surface area contributed by atoms with Crippen molar-refractivity contribution in [2.24, 2.45) is 0 Å². The summed E-state index contributed by atoms with van der Waals surface area (Å²) in [5.41, 5.74) is 1.07. The van der Waals surface area contributed by atoms with Crippen LogP contribution < -0.4 is 24.2 Å². The van der Waals surface area contributed by atoms with Crippen LogP contribution in [0.15, 0.2) is 71.6 Å². The number of carbonyl (C=O) groups is 1. The second-order valence-electron chi connectivity index (χ2n) is 7.28. The third-order valence-corrected chi connectivity index (χ3v) is 6.28. The van der Waals surface area contributed by atoms with E-state index >= 15 is 0 Å².